The molecule has 1 aliphatic rings. The minimum Gasteiger partial charge on any atom is -0.465 e. The maximum atomic E-state index is 14.8. The summed E-state index contributed by atoms with van der Waals surface area (Å²) in [7, 11) is 1.22. The molecule has 0 aliphatic carbocycles. The Hall–Kier alpha value is -3.33. The fourth-order valence-corrected chi connectivity index (χ4v) is 3.77. The minimum atomic E-state index is -0.652. The van der Waals surface area contributed by atoms with Crippen LogP contribution in [0.25, 0.3) is 0 Å². The van der Waals surface area contributed by atoms with Crippen molar-refractivity contribution >= 4 is 35.4 Å². The topological polar surface area (TPSA) is 79.4 Å². The average Bonchev–Trinajstić information content (AvgIpc) is 2.81. The van der Waals surface area contributed by atoms with Crippen LogP contribution in [0.4, 0.5) is 19.7 Å². The number of esters is 1. The van der Waals surface area contributed by atoms with E-state index in [1.54, 1.807) is 54.8 Å². The van der Waals surface area contributed by atoms with Crippen molar-refractivity contribution in [2.75, 3.05) is 38.2 Å². The quantitative estimate of drug-likeness (QED) is 0.550. The molecule has 1 fully saturated rings. The Morgan fingerprint density at radius 3 is 2.26 bits per heavy atom. The number of anilines is 1. The second-order valence-electron chi connectivity index (χ2n) is 9.10. The Morgan fingerprint density at radius 2 is 1.69 bits per heavy atom. The summed E-state index contributed by atoms with van der Waals surface area (Å²) < 4.78 is 24.9. The highest BCUT2D eigenvalue weighted by Crippen LogP contribution is 2.25. The van der Waals surface area contributed by atoms with Crippen molar-refractivity contribution in [1.82, 2.24) is 9.80 Å². The largest absolute Gasteiger partial charge is 0.465 e. The van der Waals surface area contributed by atoms with E-state index in [9.17, 15) is 18.8 Å². The molecule has 2 aromatic carbocycles. The molecule has 1 saturated heterocycles. The van der Waals surface area contributed by atoms with Crippen molar-refractivity contribution in [2.24, 2.45) is 0 Å². The van der Waals surface area contributed by atoms with Gasteiger partial charge in [-0.15, -0.1) is 0 Å². The summed E-state index contributed by atoms with van der Waals surface area (Å²) >= 11 is 6.16. The molecule has 0 bridgehead atoms. The normalized spacial score (nSPS) is 13.9. The highest BCUT2D eigenvalue weighted by molar-refractivity contribution is 6.30. The van der Waals surface area contributed by atoms with E-state index in [0.717, 1.165) is 6.07 Å². The van der Waals surface area contributed by atoms with Gasteiger partial charge in [-0.25, -0.2) is 18.8 Å². The van der Waals surface area contributed by atoms with Gasteiger partial charge in [-0.1, -0.05) is 23.7 Å². The van der Waals surface area contributed by atoms with E-state index >= 15 is 0 Å². The van der Waals surface area contributed by atoms with Gasteiger partial charge in [0, 0.05) is 42.5 Å². The molecule has 0 spiro atoms. The van der Waals surface area contributed by atoms with Crippen LogP contribution in [-0.4, -0.2) is 66.8 Å². The highest BCUT2D eigenvalue weighted by Gasteiger charge is 2.30. The number of ether oxygens (including phenoxy) is 2. The Morgan fingerprint density at radius 1 is 1.03 bits per heavy atom. The Kier molecular flexibility index (Phi) is 8.22. The van der Waals surface area contributed by atoms with Crippen LogP contribution in [0.1, 0.15) is 36.7 Å². The van der Waals surface area contributed by atoms with Crippen LogP contribution in [0.15, 0.2) is 42.5 Å². The number of nitrogens with zero attached hydrogens (tertiary/aromatic N) is 3. The lowest BCUT2D eigenvalue weighted by Crippen LogP contribution is -2.54. The Balaban J connectivity index is 1.79. The Bertz CT molecular complexity index is 1100. The maximum Gasteiger partial charge on any atom is 0.410 e. The first-order valence-electron chi connectivity index (χ1n) is 11.1. The zero-order chi connectivity index (χ0) is 25.8. The fourth-order valence-electron chi connectivity index (χ4n) is 3.58. The Labute approximate surface area is 209 Å². The van der Waals surface area contributed by atoms with Crippen LogP contribution in [0, 0.1) is 5.82 Å². The number of rotatable bonds is 4. The van der Waals surface area contributed by atoms with Crippen LogP contribution in [-0.2, 0) is 16.0 Å². The van der Waals surface area contributed by atoms with E-state index in [-0.39, 0.29) is 23.7 Å². The molecular weight excluding hydrogens is 477 g/mol. The smallest absolute Gasteiger partial charge is 0.410 e. The second-order valence-corrected chi connectivity index (χ2v) is 9.54. The van der Waals surface area contributed by atoms with Gasteiger partial charge in [0.25, 0.3) is 0 Å². The van der Waals surface area contributed by atoms with Gasteiger partial charge in [-0.2, -0.15) is 0 Å². The van der Waals surface area contributed by atoms with Gasteiger partial charge in [0.2, 0.25) is 0 Å². The van der Waals surface area contributed by atoms with Crippen molar-refractivity contribution in [2.45, 2.75) is 32.9 Å². The van der Waals surface area contributed by atoms with E-state index in [2.05, 4.69) is 4.74 Å². The summed E-state index contributed by atoms with van der Waals surface area (Å²) in [5.41, 5.74) is 0.181. The molecule has 0 atom stereocenters. The third-order valence-electron chi connectivity index (χ3n) is 5.36. The molecule has 1 aliphatic heterocycles. The van der Waals surface area contributed by atoms with Crippen LogP contribution in [0.3, 0.4) is 0 Å². The molecule has 1 heterocycles. The fraction of sp³-hybridized carbons (Fsp3) is 0.400. The van der Waals surface area contributed by atoms with E-state index < -0.39 is 23.5 Å². The summed E-state index contributed by atoms with van der Waals surface area (Å²) in [5, 5.41) is 0.427. The summed E-state index contributed by atoms with van der Waals surface area (Å²) in [6.07, 6.45) is -0.427. The summed E-state index contributed by atoms with van der Waals surface area (Å²) in [6.45, 7) is 6.51. The molecule has 0 aromatic heterocycles. The number of carbonyl (C=O) groups excluding carboxylic acids is 3. The number of hydrogen-bond acceptors (Lipinski definition) is 5. The van der Waals surface area contributed by atoms with Gasteiger partial charge < -0.3 is 19.3 Å². The van der Waals surface area contributed by atoms with E-state index in [4.69, 9.17) is 16.3 Å². The predicted octanol–water partition coefficient (Wildman–Crippen LogP) is 4.95. The molecule has 8 nitrogen and oxygen atoms in total. The maximum absolute atomic E-state index is 14.8. The molecule has 35 heavy (non-hydrogen) atoms. The number of carbonyl (C=O) groups is 3. The summed E-state index contributed by atoms with van der Waals surface area (Å²) in [6, 6.07) is 10.3. The van der Waals surface area contributed by atoms with Gasteiger partial charge in [0.1, 0.15) is 11.4 Å². The van der Waals surface area contributed by atoms with Gasteiger partial charge in [0.05, 0.1) is 19.2 Å². The molecule has 3 amide bonds. The number of methoxy groups -OCH3 is 1. The molecule has 10 heteroatoms. The van der Waals surface area contributed by atoms with Crippen molar-refractivity contribution in [3.05, 3.63) is 64.4 Å². The van der Waals surface area contributed by atoms with Gasteiger partial charge in [0.15, 0.2) is 0 Å². The van der Waals surface area contributed by atoms with Crippen molar-refractivity contribution in [3.63, 3.8) is 0 Å². The SMILES string of the molecule is COC(=O)c1ccc(CN(C(=O)N2CCN(C(=O)OC(C)(C)C)CC2)c2cccc(Cl)c2)c(F)c1. The van der Waals surface area contributed by atoms with Crippen LogP contribution in [0.5, 0.6) is 0 Å². The monoisotopic (exact) mass is 505 g/mol. The zero-order valence-electron chi connectivity index (χ0n) is 20.2. The number of piperazine rings is 1. The number of hydrogen-bond donors (Lipinski definition) is 0. The minimum absolute atomic E-state index is 0.0765. The van der Waals surface area contributed by atoms with Crippen molar-refractivity contribution in [3.8, 4) is 0 Å². The number of amides is 3. The summed E-state index contributed by atoms with van der Waals surface area (Å²) in [5.74, 6) is -1.29. The lowest BCUT2D eigenvalue weighted by atomic mass is 10.1. The third-order valence-corrected chi connectivity index (χ3v) is 5.59. The van der Waals surface area contributed by atoms with Crippen molar-refractivity contribution < 1.29 is 28.2 Å². The van der Waals surface area contributed by atoms with Crippen LogP contribution >= 0.6 is 11.6 Å². The van der Waals surface area contributed by atoms with Gasteiger partial charge >= 0.3 is 18.1 Å². The zero-order valence-corrected chi connectivity index (χ0v) is 21.0. The van der Waals surface area contributed by atoms with Gasteiger partial charge in [-0.3, -0.25) is 4.90 Å². The van der Waals surface area contributed by atoms with E-state index in [1.165, 1.54) is 24.1 Å². The molecule has 3 rings (SSSR count). The lowest BCUT2D eigenvalue weighted by molar-refractivity contribution is 0.0172. The third kappa shape index (κ3) is 6.85. The van der Waals surface area contributed by atoms with Gasteiger partial charge in [-0.05, 0) is 51.1 Å². The first-order chi connectivity index (χ1) is 16.5. The summed E-state index contributed by atoms with van der Waals surface area (Å²) in [4.78, 5) is 42.2. The molecule has 0 unspecified atom stereocenters. The molecule has 2 aromatic rings. The molecule has 188 valence electrons. The molecule has 0 saturated carbocycles. The van der Waals surface area contributed by atoms with Crippen molar-refractivity contribution in [1.29, 1.82) is 0 Å². The highest BCUT2D eigenvalue weighted by atomic mass is 35.5. The standard InChI is InChI=1S/C25H29ClFN3O5/c1-25(2,3)35-24(33)29-12-10-28(11-13-29)23(32)30(20-7-5-6-19(26)15-20)16-18-9-8-17(14-21(18)27)22(31)34-4/h5-9,14-15H,10-13,16H2,1-4H3. The molecule has 0 radical (unpaired) electrons. The number of halogens is 2. The number of benzene rings is 2. The lowest BCUT2D eigenvalue weighted by Gasteiger charge is -2.38. The van der Waals surface area contributed by atoms with Crippen LogP contribution < -0.4 is 4.90 Å². The molecular formula is C25H29ClFN3O5. The predicted molar refractivity (Wildman–Crippen MR) is 130 cm³/mol. The van der Waals surface area contributed by atoms with E-state index in [1.807, 2.05) is 0 Å². The van der Waals surface area contributed by atoms with Crippen LogP contribution in [0.2, 0.25) is 5.02 Å². The second kappa shape index (κ2) is 10.9. The van der Waals surface area contributed by atoms with E-state index in [0.29, 0.717) is 36.9 Å². The average molecular weight is 506 g/mol. The molecule has 0 N–H and O–H groups in total. The first kappa shape index (κ1) is 26.3. The first-order valence-corrected chi connectivity index (χ1v) is 11.5. The number of urea groups is 1.